The van der Waals surface area contributed by atoms with Crippen LogP contribution in [-0.2, 0) is 6.42 Å². The minimum atomic E-state index is -0.114. The fourth-order valence-corrected chi connectivity index (χ4v) is 2.36. The van der Waals surface area contributed by atoms with Crippen LogP contribution in [0, 0.1) is 0 Å². The lowest BCUT2D eigenvalue weighted by molar-refractivity contribution is 0.574. The summed E-state index contributed by atoms with van der Waals surface area (Å²) in [4.78, 5) is 16.1. The van der Waals surface area contributed by atoms with Gasteiger partial charge in [0, 0.05) is 18.7 Å². The van der Waals surface area contributed by atoms with Crippen LogP contribution < -0.4 is 5.56 Å². The van der Waals surface area contributed by atoms with Gasteiger partial charge in [-0.2, -0.15) is 4.98 Å². The number of hydrogen-bond acceptors (Lipinski definition) is 2. The predicted molar refractivity (Wildman–Crippen MR) is 67.0 cm³/mol. The van der Waals surface area contributed by atoms with Crippen LogP contribution >= 0.6 is 0 Å². The Hall–Kier alpha value is -1.90. The normalized spacial score (nSPS) is 18.1. The zero-order valence-electron chi connectivity index (χ0n) is 9.76. The van der Waals surface area contributed by atoms with Gasteiger partial charge in [0.15, 0.2) is 0 Å². The molecule has 17 heavy (non-hydrogen) atoms. The molecule has 1 aliphatic heterocycles. The van der Waals surface area contributed by atoms with Crippen molar-refractivity contribution in [3.8, 4) is 11.1 Å². The number of nitrogens with zero attached hydrogens (tertiary/aromatic N) is 2. The molecule has 3 heteroatoms. The Morgan fingerprint density at radius 3 is 2.82 bits per heavy atom. The molecule has 0 amide bonds. The summed E-state index contributed by atoms with van der Waals surface area (Å²) in [5.41, 5.74) is 1.53. The Labute approximate surface area is 99.8 Å². The number of rotatable bonds is 1. The van der Waals surface area contributed by atoms with Gasteiger partial charge in [0.25, 0.3) is 5.56 Å². The van der Waals surface area contributed by atoms with E-state index >= 15 is 0 Å². The molecule has 0 radical (unpaired) electrons. The Morgan fingerprint density at radius 2 is 2.06 bits per heavy atom. The molecule has 1 unspecified atom stereocenters. The maximum atomic E-state index is 12.0. The quantitative estimate of drug-likeness (QED) is 0.748. The Bertz CT molecular complexity index is 601. The fraction of sp³-hybridized carbons (Fsp3) is 0.286. The molecule has 0 spiro atoms. The zero-order chi connectivity index (χ0) is 11.8. The van der Waals surface area contributed by atoms with Crippen molar-refractivity contribution in [1.82, 2.24) is 9.55 Å². The molecule has 1 aromatic heterocycles. The largest absolute Gasteiger partial charge is 0.333 e. The van der Waals surface area contributed by atoms with E-state index in [1.54, 1.807) is 0 Å². The van der Waals surface area contributed by atoms with E-state index in [1.165, 1.54) is 0 Å². The van der Waals surface area contributed by atoms with Crippen molar-refractivity contribution >= 4 is 0 Å². The lowest BCUT2D eigenvalue weighted by Gasteiger charge is -2.10. The summed E-state index contributed by atoms with van der Waals surface area (Å²) < 4.78 is 2.13. The third kappa shape index (κ3) is 1.68. The van der Waals surface area contributed by atoms with Gasteiger partial charge >= 0.3 is 0 Å². The number of aromatic nitrogens is 2. The highest BCUT2D eigenvalue weighted by atomic mass is 16.1. The van der Waals surface area contributed by atoms with Crippen LogP contribution in [0.5, 0.6) is 0 Å². The molecule has 0 N–H and O–H groups in total. The summed E-state index contributed by atoms with van der Waals surface area (Å²) in [6.07, 6.45) is 3.94. The smallest absolute Gasteiger partial charge is 0.280 e. The molecule has 0 bridgehead atoms. The number of hydrogen-bond donors (Lipinski definition) is 0. The lowest BCUT2D eigenvalue weighted by atomic mass is 10.1. The van der Waals surface area contributed by atoms with Crippen molar-refractivity contribution in [3.05, 3.63) is 52.7 Å². The van der Waals surface area contributed by atoms with Gasteiger partial charge in [-0.3, -0.25) is 4.79 Å². The monoisotopic (exact) mass is 226 g/mol. The van der Waals surface area contributed by atoms with Crippen LogP contribution in [0.4, 0.5) is 0 Å². The summed E-state index contributed by atoms with van der Waals surface area (Å²) in [6, 6.07) is 10.2. The van der Waals surface area contributed by atoms with Crippen molar-refractivity contribution in [1.29, 1.82) is 0 Å². The zero-order valence-corrected chi connectivity index (χ0v) is 9.76. The van der Waals surface area contributed by atoms with Crippen LogP contribution in [0.15, 0.2) is 41.3 Å². The van der Waals surface area contributed by atoms with E-state index in [0.717, 1.165) is 24.2 Å². The average molecular weight is 226 g/mol. The molecule has 3 rings (SSSR count). The molecule has 0 saturated carbocycles. The van der Waals surface area contributed by atoms with Crippen molar-refractivity contribution in [2.24, 2.45) is 0 Å². The van der Waals surface area contributed by atoms with Gasteiger partial charge in [-0.1, -0.05) is 30.3 Å². The van der Waals surface area contributed by atoms with E-state index in [4.69, 9.17) is 0 Å². The van der Waals surface area contributed by atoms with Crippen molar-refractivity contribution in [2.45, 2.75) is 25.8 Å². The molecule has 0 aliphatic carbocycles. The third-order valence-corrected chi connectivity index (χ3v) is 3.37. The molecule has 2 heterocycles. The van der Waals surface area contributed by atoms with E-state index in [-0.39, 0.29) is 5.56 Å². The van der Waals surface area contributed by atoms with Crippen LogP contribution in [0.2, 0.25) is 0 Å². The first-order chi connectivity index (χ1) is 8.25. The number of fused-ring (bicyclic) bond motifs is 1. The molecule has 2 aromatic rings. The van der Waals surface area contributed by atoms with Gasteiger partial charge in [0.2, 0.25) is 0 Å². The van der Waals surface area contributed by atoms with Crippen molar-refractivity contribution in [3.63, 3.8) is 0 Å². The Kier molecular flexibility index (Phi) is 2.32. The maximum Gasteiger partial charge on any atom is 0.280 e. The van der Waals surface area contributed by atoms with E-state index in [1.807, 2.05) is 36.5 Å². The van der Waals surface area contributed by atoms with E-state index in [9.17, 15) is 4.79 Å². The summed E-state index contributed by atoms with van der Waals surface area (Å²) in [7, 11) is 0. The van der Waals surface area contributed by atoms with Crippen molar-refractivity contribution < 1.29 is 0 Å². The second-order valence-electron chi connectivity index (χ2n) is 4.54. The standard InChI is InChI=1S/C14H14N2O/c1-10-7-8-13-15-14(17)12(9-16(10)13)11-5-3-2-4-6-11/h2-6,9-10H,7-8H2,1H3. The van der Waals surface area contributed by atoms with E-state index in [2.05, 4.69) is 16.5 Å². The van der Waals surface area contributed by atoms with Crippen LogP contribution in [0.25, 0.3) is 11.1 Å². The molecule has 1 aliphatic rings. The number of aryl methyl sites for hydroxylation is 1. The summed E-state index contributed by atoms with van der Waals surface area (Å²) in [6.45, 7) is 2.16. The molecular weight excluding hydrogens is 212 g/mol. The highest BCUT2D eigenvalue weighted by Gasteiger charge is 2.19. The first-order valence-corrected chi connectivity index (χ1v) is 5.93. The Morgan fingerprint density at radius 1 is 1.29 bits per heavy atom. The van der Waals surface area contributed by atoms with Crippen LogP contribution in [-0.4, -0.2) is 9.55 Å². The Balaban J connectivity index is 2.19. The molecule has 3 nitrogen and oxygen atoms in total. The third-order valence-electron chi connectivity index (χ3n) is 3.37. The fourth-order valence-electron chi connectivity index (χ4n) is 2.36. The van der Waals surface area contributed by atoms with Crippen LogP contribution in [0.3, 0.4) is 0 Å². The van der Waals surface area contributed by atoms with Gasteiger partial charge in [-0.15, -0.1) is 0 Å². The molecule has 1 aromatic carbocycles. The maximum absolute atomic E-state index is 12.0. The van der Waals surface area contributed by atoms with Gasteiger partial charge in [-0.25, -0.2) is 0 Å². The first kappa shape index (κ1) is 10.3. The molecular formula is C14H14N2O. The van der Waals surface area contributed by atoms with E-state index < -0.39 is 0 Å². The minimum Gasteiger partial charge on any atom is -0.333 e. The summed E-state index contributed by atoms with van der Waals surface area (Å²) >= 11 is 0. The summed E-state index contributed by atoms with van der Waals surface area (Å²) in [5.74, 6) is 0.919. The van der Waals surface area contributed by atoms with Gasteiger partial charge in [-0.05, 0) is 18.9 Å². The van der Waals surface area contributed by atoms with Gasteiger partial charge in [0.05, 0.1) is 5.56 Å². The lowest BCUT2D eigenvalue weighted by Crippen LogP contribution is -2.16. The second kappa shape index (κ2) is 3.84. The first-order valence-electron chi connectivity index (χ1n) is 5.93. The van der Waals surface area contributed by atoms with Gasteiger partial charge < -0.3 is 4.57 Å². The second-order valence-corrected chi connectivity index (χ2v) is 4.54. The van der Waals surface area contributed by atoms with Crippen LogP contribution in [0.1, 0.15) is 25.2 Å². The topological polar surface area (TPSA) is 34.9 Å². The van der Waals surface area contributed by atoms with E-state index in [0.29, 0.717) is 11.6 Å². The molecule has 0 saturated heterocycles. The minimum absolute atomic E-state index is 0.114. The molecule has 1 atom stereocenters. The predicted octanol–water partition coefficient (Wildman–Crippen LogP) is 2.42. The highest BCUT2D eigenvalue weighted by molar-refractivity contribution is 5.61. The SMILES string of the molecule is CC1CCc2nc(=O)c(-c3ccccc3)cn21. The molecule has 0 fully saturated rings. The number of benzene rings is 1. The average Bonchev–Trinajstić information content (AvgIpc) is 2.70. The molecule has 86 valence electrons. The summed E-state index contributed by atoms with van der Waals surface area (Å²) in [5, 5.41) is 0. The highest BCUT2D eigenvalue weighted by Crippen LogP contribution is 2.25. The van der Waals surface area contributed by atoms with Crippen molar-refractivity contribution in [2.75, 3.05) is 0 Å². The van der Waals surface area contributed by atoms with Gasteiger partial charge in [0.1, 0.15) is 5.82 Å².